The molecule has 3 aromatic rings. The van der Waals surface area contributed by atoms with Crippen molar-refractivity contribution in [3.63, 3.8) is 0 Å². The number of allylic oxidation sites excluding steroid dienone is 1. The second-order valence-electron chi connectivity index (χ2n) is 12.1. The first-order valence-corrected chi connectivity index (χ1v) is 16.3. The molecule has 230 valence electrons. The van der Waals surface area contributed by atoms with Crippen molar-refractivity contribution >= 4 is 67.2 Å². The summed E-state index contributed by atoms with van der Waals surface area (Å²) in [6.45, 7) is 15.0. The maximum atomic E-state index is 11.6. The van der Waals surface area contributed by atoms with Gasteiger partial charge in [-0.1, -0.05) is 13.5 Å². The van der Waals surface area contributed by atoms with Gasteiger partial charge in [0, 0.05) is 67.9 Å². The van der Waals surface area contributed by atoms with E-state index in [2.05, 4.69) is 72.8 Å². The molecule has 8 bridgehead atoms. The molecule has 1 unspecified atom stereocenters. The first kappa shape index (κ1) is 30.3. The van der Waals surface area contributed by atoms with Gasteiger partial charge in [-0.2, -0.15) is 12.6 Å². The van der Waals surface area contributed by atoms with E-state index in [1.54, 1.807) is 0 Å². The summed E-state index contributed by atoms with van der Waals surface area (Å²) >= 11 is 6.78. The van der Waals surface area contributed by atoms with Gasteiger partial charge in [0.25, 0.3) is 0 Å². The molecule has 6 rings (SSSR count). The summed E-state index contributed by atoms with van der Waals surface area (Å²) in [4.78, 5) is 34.0. The van der Waals surface area contributed by atoms with Crippen LogP contribution in [0.25, 0.3) is 30.9 Å². The van der Waals surface area contributed by atoms with Crippen molar-refractivity contribution in [2.75, 3.05) is 0 Å². The highest BCUT2D eigenvalue weighted by molar-refractivity contribution is 8.09. The lowest BCUT2D eigenvalue weighted by atomic mass is 9.95. The van der Waals surface area contributed by atoms with Crippen LogP contribution in [0, 0.1) is 13.8 Å². The molecule has 3 atom stereocenters. The molecule has 44 heavy (non-hydrogen) atoms. The number of nitrogens with one attached hydrogen (secondary N) is 4. The topological polar surface area (TPSA) is 134 Å². The lowest BCUT2D eigenvalue weighted by molar-refractivity contribution is -0.138. The average Bonchev–Trinajstić information content (AvgIpc) is 3.08. The van der Waals surface area contributed by atoms with E-state index in [9.17, 15) is 19.8 Å². The van der Waals surface area contributed by atoms with Crippen molar-refractivity contribution < 1.29 is 19.8 Å². The van der Waals surface area contributed by atoms with E-state index in [4.69, 9.17) is 12.6 Å². The fourth-order valence-corrected chi connectivity index (χ4v) is 8.50. The Bertz CT molecular complexity index is 2040. The van der Waals surface area contributed by atoms with Crippen LogP contribution in [0.3, 0.4) is 0 Å². The highest BCUT2D eigenvalue weighted by Gasteiger charge is 2.60. The van der Waals surface area contributed by atoms with Gasteiger partial charge in [0.1, 0.15) is 0 Å². The number of thiol groups is 1. The molecule has 10 heteroatoms. The molecule has 3 aliphatic heterocycles. The zero-order valence-electron chi connectivity index (χ0n) is 25.6. The number of carboxylic acids is 2. The molecule has 6 N–H and O–H groups in total. The number of fused-ring (bicyclic) bond motifs is 9. The molecule has 3 aliphatic rings. The molecule has 0 aromatic carbocycles. The van der Waals surface area contributed by atoms with Crippen molar-refractivity contribution in [3.8, 4) is 0 Å². The molecule has 0 aliphatic carbocycles. The van der Waals surface area contributed by atoms with Gasteiger partial charge in [0.05, 0.1) is 4.75 Å². The van der Waals surface area contributed by atoms with Crippen molar-refractivity contribution in [3.05, 3.63) is 83.1 Å². The maximum Gasteiger partial charge on any atom is 0.303 e. The van der Waals surface area contributed by atoms with Crippen molar-refractivity contribution in [2.24, 2.45) is 0 Å². The fraction of sp³-hybridized carbons (Fsp3) is 0.353. The van der Waals surface area contributed by atoms with Gasteiger partial charge in [-0.15, -0.1) is 11.8 Å². The van der Waals surface area contributed by atoms with Crippen LogP contribution < -0.4 is 26.6 Å². The largest absolute Gasteiger partial charge is 0.481 e. The maximum absolute atomic E-state index is 11.6. The molecule has 6 heterocycles. The molecule has 1 fully saturated rings. The highest BCUT2D eigenvalue weighted by atomic mass is 32.2. The number of hydrogen-bond acceptors (Lipinski definition) is 5. The Kier molecular flexibility index (Phi) is 7.57. The predicted molar refractivity (Wildman–Crippen MR) is 180 cm³/mol. The summed E-state index contributed by atoms with van der Waals surface area (Å²) in [6, 6.07) is 0. The lowest BCUT2D eigenvalue weighted by Crippen LogP contribution is -2.25. The number of carbonyl (C=O) groups is 2. The van der Waals surface area contributed by atoms with Gasteiger partial charge in [-0.25, -0.2) is 0 Å². The predicted octanol–water partition coefficient (Wildman–Crippen LogP) is 3.27. The molecule has 1 spiro atoms. The Balaban J connectivity index is 1.70. The Labute approximate surface area is 265 Å². The Morgan fingerprint density at radius 1 is 0.909 bits per heavy atom. The van der Waals surface area contributed by atoms with Crippen molar-refractivity contribution in [1.82, 2.24) is 20.3 Å². The minimum Gasteiger partial charge on any atom is -0.481 e. The number of aliphatic carboxylic acids is 2. The molecular formula is C34H38N4O4S2. The van der Waals surface area contributed by atoms with Crippen LogP contribution in [-0.4, -0.2) is 47.1 Å². The van der Waals surface area contributed by atoms with Crippen LogP contribution in [0.1, 0.15) is 83.8 Å². The number of rotatable bonds is 7. The van der Waals surface area contributed by atoms with E-state index < -0.39 is 11.9 Å². The number of aromatic amines is 3. The standard InChI is InChI=1S/C34H38N4O4S2/c1-15-21(7-9-31(39)40)27-13-28-22(8-10-32(41)42)16(2)24(36-28)12-29-33(19(5)43)17(3)25(37-29)14-30-34(20(6)44-34)18(4)26(38-30)11-23(15)35-27/h11-14,19-20,35-38,43H,1,7-10H2,2-6H3,(H,39,40)(H,41,42)/b23-11-,24-12-,28-13-,30-14-/t19-,20?,34+/m0/s1. The summed E-state index contributed by atoms with van der Waals surface area (Å²) < 4.78 is -0.132. The lowest BCUT2D eigenvalue weighted by Gasteiger charge is -2.11. The third kappa shape index (κ3) is 4.98. The molecule has 0 amide bonds. The fourth-order valence-electron chi connectivity index (χ4n) is 6.85. The van der Waals surface area contributed by atoms with Crippen molar-refractivity contribution in [2.45, 2.75) is 75.5 Å². The van der Waals surface area contributed by atoms with Crippen LogP contribution >= 0.6 is 24.4 Å². The zero-order valence-corrected chi connectivity index (χ0v) is 27.3. The second-order valence-corrected chi connectivity index (χ2v) is 14.4. The first-order chi connectivity index (χ1) is 20.8. The number of H-pyrrole nitrogens is 3. The van der Waals surface area contributed by atoms with E-state index in [1.165, 1.54) is 5.57 Å². The third-order valence-electron chi connectivity index (χ3n) is 9.36. The number of thioether (sulfide) groups is 1. The first-order valence-electron chi connectivity index (χ1n) is 14.9. The number of aromatic nitrogens is 3. The SMILES string of the molecule is C=c1c(CCC(=O)O)c2[nH]/c1=C\C1=C(C)[C@]3(SC3C)/C(=C/c3[nH]c(c([C@H](C)S)c3C)/C=c3\[nH]/c(c(CCC(=O)O)c3C)=C\2)N1. The molecule has 0 radical (unpaired) electrons. The van der Waals surface area contributed by atoms with Crippen LogP contribution in [0.4, 0.5) is 0 Å². The Hall–Kier alpha value is -3.76. The van der Waals surface area contributed by atoms with Gasteiger partial charge in [0.2, 0.25) is 0 Å². The van der Waals surface area contributed by atoms with Crippen LogP contribution in [-0.2, 0) is 22.4 Å². The average molecular weight is 631 g/mol. The quantitative estimate of drug-likeness (QED) is 0.158. The van der Waals surface area contributed by atoms with Gasteiger partial charge < -0.3 is 30.5 Å². The Morgan fingerprint density at radius 3 is 2.16 bits per heavy atom. The zero-order chi connectivity index (χ0) is 31.7. The van der Waals surface area contributed by atoms with E-state index in [0.717, 1.165) is 77.6 Å². The summed E-state index contributed by atoms with van der Waals surface area (Å²) in [6.07, 6.45) is 8.99. The van der Waals surface area contributed by atoms with E-state index in [1.807, 2.05) is 24.8 Å². The normalized spacial score (nSPS) is 24.4. The Morgan fingerprint density at radius 2 is 1.55 bits per heavy atom. The number of carboxylic acid groups (broad SMARTS) is 2. The molecule has 3 aromatic heterocycles. The molecule has 0 saturated carbocycles. The molecule has 1 saturated heterocycles. The second kappa shape index (κ2) is 11.0. The summed E-state index contributed by atoms with van der Waals surface area (Å²) in [5, 5.41) is 26.4. The minimum atomic E-state index is -0.877. The molecule has 8 nitrogen and oxygen atoms in total. The monoisotopic (exact) mass is 630 g/mol. The highest BCUT2D eigenvalue weighted by Crippen LogP contribution is 2.64. The van der Waals surface area contributed by atoms with Gasteiger partial charge >= 0.3 is 11.9 Å². The summed E-state index contributed by atoms with van der Waals surface area (Å²) in [7, 11) is 0. The number of hydrogen-bond donors (Lipinski definition) is 7. The summed E-state index contributed by atoms with van der Waals surface area (Å²) in [5.74, 6) is -1.74. The summed E-state index contributed by atoms with van der Waals surface area (Å²) in [5.41, 5.74) is 11.1. The van der Waals surface area contributed by atoms with E-state index >= 15 is 0 Å². The minimum absolute atomic E-state index is 0.00920. The molecular weight excluding hydrogens is 593 g/mol. The van der Waals surface area contributed by atoms with Crippen molar-refractivity contribution in [1.29, 1.82) is 0 Å². The third-order valence-corrected chi connectivity index (χ3v) is 11.3. The van der Waals surface area contributed by atoms with Gasteiger partial charge in [-0.05, 0) is 103 Å². The van der Waals surface area contributed by atoms with E-state index in [0.29, 0.717) is 18.1 Å². The van der Waals surface area contributed by atoms with Crippen LogP contribution in [0.5, 0.6) is 0 Å². The van der Waals surface area contributed by atoms with E-state index in [-0.39, 0.29) is 22.8 Å². The van der Waals surface area contributed by atoms with Crippen LogP contribution in [0.2, 0.25) is 0 Å². The smallest absolute Gasteiger partial charge is 0.303 e. The van der Waals surface area contributed by atoms with Gasteiger partial charge in [-0.3, -0.25) is 9.59 Å². The van der Waals surface area contributed by atoms with Gasteiger partial charge in [0.15, 0.2) is 0 Å². The van der Waals surface area contributed by atoms with Crippen LogP contribution in [0.15, 0.2) is 17.0 Å².